The van der Waals surface area contributed by atoms with Crippen molar-refractivity contribution < 1.29 is 23.9 Å². The minimum Gasteiger partial charge on any atom is -0.465 e. The zero-order chi connectivity index (χ0) is 24.3. The molecule has 3 atom stereocenters. The summed E-state index contributed by atoms with van der Waals surface area (Å²) in [6.07, 6.45) is 0. The summed E-state index contributed by atoms with van der Waals surface area (Å²) in [4.78, 5) is 41.1. The molecule has 1 saturated heterocycles. The predicted molar refractivity (Wildman–Crippen MR) is 126 cm³/mol. The molecule has 1 aliphatic rings. The van der Waals surface area contributed by atoms with Crippen molar-refractivity contribution in [3.63, 3.8) is 0 Å². The Bertz CT molecular complexity index is 1040. The fourth-order valence-corrected chi connectivity index (χ4v) is 4.38. The highest BCUT2D eigenvalue weighted by molar-refractivity contribution is 6.30. The van der Waals surface area contributed by atoms with Gasteiger partial charge in [-0.15, -0.1) is 0 Å². The van der Waals surface area contributed by atoms with E-state index in [1.807, 2.05) is 26.0 Å². The lowest BCUT2D eigenvalue weighted by atomic mass is 9.72. The maximum Gasteiger partial charge on any atom is 0.319 e. The van der Waals surface area contributed by atoms with Crippen molar-refractivity contribution in [3.05, 3.63) is 64.2 Å². The van der Waals surface area contributed by atoms with Crippen molar-refractivity contribution in [2.45, 2.75) is 33.6 Å². The van der Waals surface area contributed by atoms with Crippen LogP contribution >= 0.6 is 11.6 Å². The van der Waals surface area contributed by atoms with E-state index < -0.39 is 35.6 Å². The van der Waals surface area contributed by atoms with Crippen LogP contribution in [-0.2, 0) is 23.9 Å². The summed E-state index contributed by atoms with van der Waals surface area (Å²) in [5.74, 6) is -5.80. The molecule has 0 aromatic heterocycles. The summed E-state index contributed by atoms with van der Waals surface area (Å²) in [5.41, 5.74) is 2.68. The van der Waals surface area contributed by atoms with Gasteiger partial charge in [0.25, 0.3) is 0 Å². The monoisotopic (exact) mass is 470 g/mol. The fourth-order valence-electron chi connectivity index (χ4n) is 4.26. The minimum atomic E-state index is -1.34. The first-order valence-electron chi connectivity index (χ1n) is 10.8. The molecule has 174 valence electrons. The molecule has 1 amide bonds. The maximum atomic E-state index is 13.8. The Morgan fingerprint density at radius 3 is 2.09 bits per heavy atom. The molecule has 8 heteroatoms. The molecule has 0 bridgehead atoms. The van der Waals surface area contributed by atoms with Gasteiger partial charge in [-0.05, 0) is 57.0 Å². The van der Waals surface area contributed by atoms with Crippen molar-refractivity contribution in [2.75, 3.05) is 18.1 Å². The average molecular weight is 471 g/mol. The molecule has 2 aromatic carbocycles. The highest BCUT2D eigenvalue weighted by Crippen LogP contribution is 2.43. The van der Waals surface area contributed by atoms with Gasteiger partial charge < -0.3 is 9.47 Å². The topological polar surface area (TPSA) is 96.8 Å². The number of anilines is 1. The molecule has 1 N–H and O–H groups in total. The number of nitrogens with zero attached hydrogens (tertiary/aromatic N) is 1. The quantitative estimate of drug-likeness (QED) is 0.497. The fraction of sp³-hybridized carbons (Fsp3) is 0.360. The smallest absolute Gasteiger partial charge is 0.319 e. The van der Waals surface area contributed by atoms with Gasteiger partial charge in [0.2, 0.25) is 5.91 Å². The van der Waals surface area contributed by atoms with Gasteiger partial charge in [0.15, 0.2) is 0 Å². The number of hydrogen-bond donors (Lipinski definition) is 1. The van der Waals surface area contributed by atoms with Crippen LogP contribution in [0.5, 0.6) is 0 Å². The SMILES string of the molecule is CCOC(=O)C1C(=N)N(c2ccc(C)cc2C)C(=O)C(C(=O)OCC)C1c1ccc(Cl)cc1. The molecule has 33 heavy (non-hydrogen) atoms. The van der Waals surface area contributed by atoms with E-state index >= 15 is 0 Å². The first-order valence-corrected chi connectivity index (χ1v) is 11.2. The molecule has 2 aromatic rings. The van der Waals surface area contributed by atoms with Gasteiger partial charge in [-0.1, -0.05) is 41.4 Å². The van der Waals surface area contributed by atoms with Gasteiger partial charge in [0, 0.05) is 10.9 Å². The summed E-state index contributed by atoms with van der Waals surface area (Å²) >= 11 is 6.04. The van der Waals surface area contributed by atoms with Crippen LogP contribution in [0.3, 0.4) is 0 Å². The molecule has 3 unspecified atom stereocenters. The lowest BCUT2D eigenvalue weighted by molar-refractivity contribution is -0.155. The number of nitrogens with one attached hydrogen (secondary N) is 1. The lowest BCUT2D eigenvalue weighted by Gasteiger charge is -2.41. The molecule has 7 nitrogen and oxygen atoms in total. The number of halogens is 1. The Kier molecular flexibility index (Phi) is 7.53. The first-order chi connectivity index (χ1) is 15.7. The van der Waals surface area contributed by atoms with E-state index in [0.29, 0.717) is 16.3 Å². The van der Waals surface area contributed by atoms with Gasteiger partial charge in [-0.3, -0.25) is 24.7 Å². The number of amides is 1. The second-order valence-electron chi connectivity index (χ2n) is 7.89. The number of carbonyl (C=O) groups excluding carboxylic acids is 3. The Morgan fingerprint density at radius 2 is 1.55 bits per heavy atom. The van der Waals surface area contributed by atoms with E-state index in [1.165, 1.54) is 0 Å². The molecule has 1 aliphatic heterocycles. The molecular formula is C25H27ClN2O5. The van der Waals surface area contributed by atoms with Crippen molar-refractivity contribution in [1.82, 2.24) is 0 Å². The summed E-state index contributed by atoms with van der Waals surface area (Å²) in [7, 11) is 0. The van der Waals surface area contributed by atoms with Gasteiger partial charge in [-0.25, -0.2) is 0 Å². The van der Waals surface area contributed by atoms with Crippen molar-refractivity contribution in [1.29, 1.82) is 5.41 Å². The van der Waals surface area contributed by atoms with E-state index in [1.54, 1.807) is 44.2 Å². The number of carbonyl (C=O) groups is 3. The average Bonchev–Trinajstić information content (AvgIpc) is 2.75. The molecule has 0 aliphatic carbocycles. The summed E-state index contributed by atoms with van der Waals surface area (Å²) in [5, 5.41) is 9.38. The van der Waals surface area contributed by atoms with Crippen LogP contribution in [0.15, 0.2) is 42.5 Å². The summed E-state index contributed by atoms with van der Waals surface area (Å²) in [6, 6.07) is 11.9. The van der Waals surface area contributed by atoms with E-state index in [4.69, 9.17) is 26.5 Å². The van der Waals surface area contributed by atoms with E-state index in [2.05, 4.69) is 0 Å². The number of amidine groups is 1. The highest BCUT2D eigenvalue weighted by atomic mass is 35.5. The normalized spacial score (nSPS) is 20.5. The third-order valence-electron chi connectivity index (χ3n) is 5.67. The van der Waals surface area contributed by atoms with Crippen LogP contribution in [0.4, 0.5) is 5.69 Å². The van der Waals surface area contributed by atoms with Crippen molar-refractivity contribution in [3.8, 4) is 0 Å². The van der Waals surface area contributed by atoms with Crippen LogP contribution in [0.25, 0.3) is 0 Å². The number of rotatable bonds is 6. The zero-order valence-corrected chi connectivity index (χ0v) is 19.8. The third-order valence-corrected chi connectivity index (χ3v) is 5.92. The highest BCUT2D eigenvalue weighted by Gasteiger charge is 2.54. The van der Waals surface area contributed by atoms with Crippen LogP contribution in [0.1, 0.15) is 36.5 Å². The summed E-state index contributed by atoms with van der Waals surface area (Å²) < 4.78 is 10.5. The third kappa shape index (κ3) is 4.78. The second-order valence-corrected chi connectivity index (χ2v) is 8.32. The summed E-state index contributed by atoms with van der Waals surface area (Å²) in [6.45, 7) is 7.21. The molecular weight excluding hydrogens is 444 g/mol. The lowest BCUT2D eigenvalue weighted by Crippen LogP contribution is -2.58. The largest absolute Gasteiger partial charge is 0.465 e. The number of esters is 2. The van der Waals surface area contributed by atoms with Crippen molar-refractivity contribution >= 4 is 41.0 Å². The van der Waals surface area contributed by atoms with E-state index in [9.17, 15) is 14.4 Å². The van der Waals surface area contributed by atoms with Gasteiger partial charge in [0.05, 0.1) is 18.9 Å². The molecule has 1 heterocycles. The molecule has 1 fully saturated rings. The number of ether oxygens (including phenoxy) is 2. The second kappa shape index (κ2) is 10.2. The van der Waals surface area contributed by atoms with Gasteiger partial charge >= 0.3 is 11.9 Å². The Labute approximate surface area is 198 Å². The van der Waals surface area contributed by atoms with Gasteiger partial charge in [0.1, 0.15) is 17.7 Å². The number of piperidine rings is 1. The number of benzene rings is 2. The Morgan fingerprint density at radius 1 is 0.970 bits per heavy atom. The van der Waals surface area contributed by atoms with Gasteiger partial charge in [-0.2, -0.15) is 0 Å². The molecule has 0 spiro atoms. The standard InChI is InChI=1S/C25H27ClN2O5/c1-5-32-24(30)20-19(16-8-10-17(26)11-9-16)21(25(31)33-6-2)23(29)28(22(20)27)18-12-7-14(3)13-15(18)4/h7-13,19-21,27H,5-6H2,1-4H3. The Balaban J connectivity index is 2.23. The van der Waals surface area contributed by atoms with Crippen LogP contribution in [0.2, 0.25) is 5.02 Å². The minimum absolute atomic E-state index is 0.0705. The number of aryl methyl sites for hydroxylation is 2. The van der Waals surface area contributed by atoms with Crippen LogP contribution in [-0.4, -0.2) is 36.9 Å². The molecule has 3 rings (SSSR count). The molecule has 0 radical (unpaired) electrons. The number of hydrogen-bond acceptors (Lipinski definition) is 6. The predicted octanol–water partition coefficient (Wildman–Crippen LogP) is 4.42. The van der Waals surface area contributed by atoms with Crippen LogP contribution < -0.4 is 4.90 Å². The van der Waals surface area contributed by atoms with E-state index in [0.717, 1.165) is 16.0 Å². The van der Waals surface area contributed by atoms with Crippen LogP contribution in [0, 0.1) is 31.1 Å². The van der Waals surface area contributed by atoms with E-state index in [-0.39, 0.29) is 19.0 Å². The zero-order valence-electron chi connectivity index (χ0n) is 19.1. The van der Waals surface area contributed by atoms with Crippen molar-refractivity contribution in [2.24, 2.45) is 11.8 Å². The first kappa shape index (κ1) is 24.5. The Hall–Kier alpha value is -3.19. The molecule has 0 saturated carbocycles. The maximum absolute atomic E-state index is 13.8.